The van der Waals surface area contributed by atoms with Gasteiger partial charge in [-0.25, -0.2) is 0 Å². The Labute approximate surface area is 458 Å². The zero-order chi connectivity index (χ0) is 41.2. The maximum absolute atomic E-state index is 11.3. The molecule has 62 heavy (non-hydrogen) atoms. The van der Waals surface area contributed by atoms with Gasteiger partial charge in [0.05, 0.1) is 0 Å². The fourth-order valence-corrected chi connectivity index (χ4v) is 3.82. The number of carbonyl (C=O) groups excluding carboxylic acids is 2. The van der Waals surface area contributed by atoms with Crippen LogP contribution in [0.4, 0.5) is 0 Å². The molecule has 0 saturated heterocycles. The largest absolute Gasteiger partial charge is 1.00 e. The molecule has 0 atom stereocenters. The Kier molecular flexibility index (Phi) is 62.3. The van der Waals surface area contributed by atoms with Crippen molar-refractivity contribution in [2.45, 2.75) is 41.5 Å². The number of esters is 2. The Balaban J connectivity index is -0.0000000884. The molecule has 0 unspecified atom stereocenters. The first-order valence-corrected chi connectivity index (χ1v) is 29.0. The number of aryl methyl sites for hydroxylation is 6. The summed E-state index contributed by atoms with van der Waals surface area (Å²) in [5.41, 5.74) is 4.93. The first-order valence-electron chi connectivity index (χ1n) is 15.5. The van der Waals surface area contributed by atoms with Gasteiger partial charge < -0.3 is 61.7 Å². The van der Waals surface area contributed by atoms with Gasteiger partial charge in [0, 0.05) is 68.1 Å². The number of methoxy groups -OCH3 is 1. The molecule has 0 bridgehead atoms. The number of hydrogen-bond donors (Lipinski definition) is 1. The van der Waals surface area contributed by atoms with Crippen LogP contribution in [-0.4, -0.2) is 65.5 Å². The van der Waals surface area contributed by atoms with Crippen molar-refractivity contribution in [2.24, 2.45) is 5.34 Å². The van der Waals surface area contributed by atoms with Crippen LogP contribution in [0.1, 0.15) is 33.4 Å². The van der Waals surface area contributed by atoms with Crippen molar-refractivity contribution in [3.05, 3.63) is 111 Å². The molecule has 3 aromatic carbocycles. The molecular formula is C36H48I3N4O11Re2Rf2Ru3V-3. The molecule has 0 amide bonds. The molecule has 1 N–H and O–H groups in total. The molecule has 0 fully saturated rings. The van der Waals surface area contributed by atoms with Gasteiger partial charge in [0.25, 0.3) is 0 Å². The first kappa shape index (κ1) is 81.0. The van der Waals surface area contributed by atoms with Crippen LogP contribution in [0, 0.1) is 67.1 Å². The average Bonchev–Trinajstić information content (AvgIpc) is 3.10. The third kappa shape index (κ3) is 36.0. The fourth-order valence-electron chi connectivity index (χ4n) is 3.82. The number of phenols is 1. The number of halogens is 3. The normalized spacial score (nSPS) is 8.55. The van der Waals surface area contributed by atoms with E-state index in [1.807, 2.05) is 46.8 Å². The van der Waals surface area contributed by atoms with Crippen LogP contribution in [0.5, 0.6) is 34.5 Å². The molecule has 26 heteroatoms. The van der Waals surface area contributed by atoms with Crippen molar-refractivity contribution in [3.63, 3.8) is 0 Å². The molecule has 0 aliphatic heterocycles. The molecule has 0 saturated carbocycles. The van der Waals surface area contributed by atoms with Crippen LogP contribution in [0.3, 0.4) is 0 Å². The van der Waals surface area contributed by atoms with Crippen LogP contribution < -0.4 is 23.7 Å². The number of carbonyl (C=O) groups is 2. The molecule has 0 aromatic heterocycles. The van der Waals surface area contributed by atoms with Crippen molar-refractivity contribution >= 4 is 71.9 Å². The summed E-state index contributed by atoms with van der Waals surface area (Å²) >= 11 is 7.39. The number of hydrogen-bond acceptors (Lipinski definition) is 12. The number of nitrogens with zero attached hydrogens (tertiary/aromatic N) is 4. The van der Waals surface area contributed by atoms with Gasteiger partial charge >= 0.3 is 123 Å². The van der Waals surface area contributed by atoms with E-state index in [0.717, 1.165) is 45.9 Å². The minimum atomic E-state index is -0.820. The van der Waals surface area contributed by atoms with Gasteiger partial charge in [0.15, 0.2) is 5.97 Å². The smallest absolute Gasteiger partial charge is 0 e. The van der Waals surface area contributed by atoms with E-state index in [-0.39, 0.29) is 118 Å². The minimum absolute atomic E-state index is 0. The van der Waals surface area contributed by atoms with Gasteiger partial charge in [0.2, 0.25) is 5.97 Å². The van der Waals surface area contributed by atoms with E-state index in [1.54, 1.807) is 52.3 Å². The molecule has 3 aromatic rings. The number of ether oxygens (including phenoxy) is 6. The van der Waals surface area contributed by atoms with Crippen LogP contribution in [0.25, 0.3) is 16.0 Å². The Morgan fingerprint density at radius 3 is 1.19 bits per heavy atom. The van der Waals surface area contributed by atoms with E-state index in [1.165, 1.54) is 7.11 Å². The summed E-state index contributed by atoms with van der Waals surface area (Å²) < 4.78 is 30.9. The van der Waals surface area contributed by atoms with E-state index in [0.29, 0.717) is 48.6 Å². The van der Waals surface area contributed by atoms with E-state index in [2.05, 4.69) is 90.8 Å². The molecule has 15 nitrogen and oxygen atoms in total. The van der Waals surface area contributed by atoms with Crippen LogP contribution in [0.15, 0.2) is 41.7 Å². The quantitative estimate of drug-likeness (QED) is 0.0273. The second kappa shape index (κ2) is 47.7. The van der Waals surface area contributed by atoms with Gasteiger partial charge in [-0.3, -0.25) is 9.59 Å². The topological polar surface area (TPSA) is 191 Å². The number of aromatic hydroxyl groups is 1. The molecule has 3 rings (SSSR count). The van der Waals surface area contributed by atoms with Crippen molar-refractivity contribution < 1.29 is 152 Å². The minimum Gasteiger partial charge on any atom is 0 e. The summed E-state index contributed by atoms with van der Waals surface area (Å²) in [6.45, 7) is 13.5. The van der Waals surface area contributed by atoms with E-state index >= 15 is 0 Å². The second-order valence-electron chi connectivity index (χ2n) is 10.6. The fraction of sp³-hybridized carbons (Fsp3) is 0.361. The molecular weight excluding hydrogens is 2310 g/mol. The summed E-state index contributed by atoms with van der Waals surface area (Å²) in [7, 11) is 6.42. The summed E-state index contributed by atoms with van der Waals surface area (Å²) in [5, 5.41) is 23.0. The molecule has 349 valence electrons. The second-order valence-corrected chi connectivity index (χ2v) is 46.0. The van der Waals surface area contributed by atoms with E-state index < -0.39 is 11.9 Å². The third-order valence-electron chi connectivity index (χ3n) is 6.31. The van der Waals surface area contributed by atoms with Crippen molar-refractivity contribution in [2.75, 3.05) is 48.4 Å². The van der Waals surface area contributed by atoms with Gasteiger partial charge in [0.1, 0.15) is 39.8 Å². The number of benzene rings is 3. The number of rotatable bonds is 16. The first-order chi connectivity index (χ1) is 25.5. The van der Waals surface area contributed by atoms with Crippen LogP contribution >= 0.6 is 59.9 Å². The number of phenolic OH excluding ortho intramolecular Hbond substituents is 1. The van der Waals surface area contributed by atoms with Crippen molar-refractivity contribution in [1.29, 1.82) is 0 Å². The maximum Gasteiger partial charge on any atom is 1.00 e. The Morgan fingerprint density at radius 1 is 0.613 bits per heavy atom. The van der Waals surface area contributed by atoms with E-state index in [9.17, 15) is 19.6 Å². The maximum atomic E-state index is 11.3. The van der Waals surface area contributed by atoms with Crippen LogP contribution in [-0.2, 0) is 123 Å². The summed E-state index contributed by atoms with van der Waals surface area (Å²) in [6.07, 6.45) is 0. The summed E-state index contributed by atoms with van der Waals surface area (Å²) in [5.74, 6) is 1.96. The summed E-state index contributed by atoms with van der Waals surface area (Å²) in [6, 6.07) is 10.5. The predicted molar refractivity (Wildman–Crippen MR) is 236 cm³/mol. The third-order valence-corrected chi connectivity index (χ3v) is 6.31. The van der Waals surface area contributed by atoms with Gasteiger partial charge in [-0.05, 0) is 111 Å². The zero-order valence-corrected chi connectivity index (χ0v) is 67.2. The Bertz CT molecular complexity index is 1650. The average molecular weight is 2350 g/mol. The Morgan fingerprint density at radius 2 is 0.887 bits per heavy atom. The molecule has 0 aliphatic rings. The van der Waals surface area contributed by atoms with E-state index in [4.69, 9.17) is 23.7 Å². The SMILES string of the molecule is C[N-]COc1cc(C)c(O)cc1C.C[N-]COc1cc(C)c(OC(=O)[CH-]OC)cc1C.C[N-]COc1cc(C)c(OC(=O)[CH-]ON=O)cc1C.[CH3-].[I][V]([I])[I].[Re].[Re].[Rf].[Rf].[Ru+].[Ru+].[Ru+]. The van der Waals surface area contributed by atoms with Crippen molar-refractivity contribution in [3.8, 4) is 34.5 Å². The summed E-state index contributed by atoms with van der Waals surface area (Å²) in [4.78, 5) is 35.9. The molecule has 5 radical (unpaired) electrons. The molecule has 0 aliphatic carbocycles. The van der Waals surface area contributed by atoms with Crippen molar-refractivity contribution in [1.82, 2.24) is 0 Å². The predicted octanol–water partition coefficient (Wildman–Crippen LogP) is 10.2. The monoisotopic (exact) mass is 2360 g/mol. The zero-order valence-electron chi connectivity index (χ0n) is 35.9. The Hall–Kier alpha value is -1.25. The van der Waals surface area contributed by atoms with Gasteiger partial charge in [-0.15, -0.1) is 4.91 Å². The van der Waals surface area contributed by atoms with Crippen LogP contribution in [0.2, 0.25) is 0 Å². The standard InChI is InChI=1S/C13H17NO4.C12H14N2O5.C10H14NO2.CH3.3HI.2Re.2Rf.3Ru.V/c1-9-6-12(18-13(15)7-16-4)10(2)5-11(9)17-8-14-3;1-8-5-11(19-12(15)6-18-14-16)9(2)4-10(8)17-7-13-3;1-7-5-10(13-6-11-3)8(2)4-9(7)12;;;;;;;;;;;;/h5-7H,8H2,1-4H3;4-6H,7H2,1-3H3;4-5,12H,6H2,1-3H3;1H3;3*1H;;;;;;;;/q2*-2;2*-1;;;;;;;;3*+1;+3/p-3. The van der Waals surface area contributed by atoms with Gasteiger partial charge in [-0.1, -0.05) is 6.61 Å². The molecule has 0 heterocycles. The van der Waals surface area contributed by atoms with Gasteiger partial charge in [-0.2, -0.15) is 27.7 Å². The molecule has 0 spiro atoms.